The number of nitrogens with one attached hydrogen (secondary N) is 2. The minimum Gasteiger partial charge on any atom is -0.478 e. The molecule has 1 aromatic carbocycles. The number of carboxylic acid groups (broad SMARTS) is 1. The van der Waals surface area contributed by atoms with Crippen LogP contribution >= 0.6 is 0 Å². The zero-order valence-corrected chi connectivity index (χ0v) is 13.1. The molecule has 5 heteroatoms. The van der Waals surface area contributed by atoms with Gasteiger partial charge in [0.2, 0.25) is 0 Å². The first-order chi connectivity index (χ1) is 9.72. The molecular weight excluding hydrogens is 268 g/mol. The van der Waals surface area contributed by atoms with Gasteiger partial charge in [-0.25, -0.2) is 9.59 Å². The van der Waals surface area contributed by atoms with Crippen LogP contribution in [0.25, 0.3) is 0 Å². The van der Waals surface area contributed by atoms with E-state index in [0.29, 0.717) is 19.0 Å². The Bertz CT molecular complexity index is 493. The molecule has 21 heavy (non-hydrogen) atoms. The van der Waals surface area contributed by atoms with Crippen molar-refractivity contribution in [3.63, 3.8) is 0 Å². The lowest BCUT2D eigenvalue weighted by molar-refractivity contribution is 0.0697. The number of amides is 2. The van der Waals surface area contributed by atoms with Crippen LogP contribution in [0.4, 0.5) is 4.79 Å². The van der Waals surface area contributed by atoms with E-state index in [4.69, 9.17) is 5.11 Å². The van der Waals surface area contributed by atoms with Crippen LogP contribution < -0.4 is 10.6 Å². The summed E-state index contributed by atoms with van der Waals surface area (Å²) in [5, 5.41) is 14.4. The van der Waals surface area contributed by atoms with Gasteiger partial charge in [-0.3, -0.25) is 0 Å². The number of hydrogen-bond acceptors (Lipinski definition) is 2. The molecule has 0 radical (unpaired) electrons. The molecule has 1 rings (SSSR count). The second-order valence-electron chi connectivity index (χ2n) is 6.18. The minimum absolute atomic E-state index is 0.0421. The van der Waals surface area contributed by atoms with Crippen LogP contribution in [0.15, 0.2) is 24.3 Å². The molecule has 0 atom stereocenters. The van der Waals surface area contributed by atoms with Crippen molar-refractivity contribution in [1.82, 2.24) is 10.6 Å². The van der Waals surface area contributed by atoms with Crippen molar-refractivity contribution in [3.05, 3.63) is 35.4 Å². The van der Waals surface area contributed by atoms with E-state index in [9.17, 15) is 9.59 Å². The zero-order chi connectivity index (χ0) is 16.0. The molecule has 0 saturated carbocycles. The predicted molar refractivity (Wildman–Crippen MR) is 82.3 cm³/mol. The predicted octanol–water partition coefficient (Wildman–Crippen LogP) is 2.87. The largest absolute Gasteiger partial charge is 0.478 e. The molecule has 0 fully saturated rings. The highest BCUT2D eigenvalue weighted by Crippen LogP contribution is 2.24. The van der Waals surface area contributed by atoms with Gasteiger partial charge in [0.15, 0.2) is 0 Å². The Balaban J connectivity index is 2.41. The topological polar surface area (TPSA) is 78.4 Å². The minimum atomic E-state index is -0.955. The first-order valence-corrected chi connectivity index (χ1v) is 7.06. The third-order valence-electron chi connectivity index (χ3n) is 3.92. The molecule has 116 valence electrons. The maximum Gasteiger partial charge on any atom is 0.335 e. The standard InChI is InChI=1S/C16H24N2O3/c1-11(2)16(3,4)10-18-15(21)17-9-12-5-7-13(8-6-12)14(19)20/h5-8,11H,9-10H2,1-4H3,(H,19,20)(H2,17,18,21). The van der Waals surface area contributed by atoms with Crippen LogP contribution in [0.2, 0.25) is 0 Å². The van der Waals surface area contributed by atoms with E-state index in [-0.39, 0.29) is 17.0 Å². The molecular formula is C16H24N2O3. The zero-order valence-electron chi connectivity index (χ0n) is 13.1. The first kappa shape index (κ1) is 17.0. The van der Waals surface area contributed by atoms with E-state index in [1.807, 2.05) is 0 Å². The summed E-state index contributed by atoms with van der Waals surface area (Å²) < 4.78 is 0. The molecule has 0 spiro atoms. The van der Waals surface area contributed by atoms with Crippen molar-refractivity contribution >= 4 is 12.0 Å². The van der Waals surface area contributed by atoms with Crippen molar-refractivity contribution in [2.24, 2.45) is 11.3 Å². The highest BCUT2D eigenvalue weighted by molar-refractivity contribution is 5.87. The maximum absolute atomic E-state index is 11.7. The molecule has 0 bridgehead atoms. The Kier molecular flexibility index (Phi) is 5.76. The fourth-order valence-electron chi connectivity index (χ4n) is 1.52. The van der Waals surface area contributed by atoms with Crippen molar-refractivity contribution in [1.29, 1.82) is 0 Å². The highest BCUT2D eigenvalue weighted by atomic mass is 16.4. The summed E-state index contributed by atoms with van der Waals surface area (Å²) in [5.74, 6) is -0.482. The third kappa shape index (κ3) is 5.45. The summed E-state index contributed by atoms with van der Waals surface area (Å²) in [6.07, 6.45) is 0. The Morgan fingerprint density at radius 3 is 2.19 bits per heavy atom. The summed E-state index contributed by atoms with van der Waals surface area (Å²) in [6.45, 7) is 9.46. The summed E-state index contributed by atoms with van der Waals surface area (Å²) in [6, 6.07) is 6.23. The van der Waals surface area contributed by atoms with Crippen molar-refractivity contribution in [3.8, 4) is 0 Å². The smallest absolute Gasteiger partial charge is 0.335 e. The number of carboxylic acids is 1. The van der Waals surface area contributed by atoms with Gasteiger partial charge in [-0.05, 0) is 29.0 Å². The van der Waals surface area contributed by atoms with E-state index in [1.54, 1.807) is 12.1 Å². The fourth-order valence-corrected chi connectivity index (χ4v) is 1.52. The highest BCUT2D eigenvalue weighted by Gasteiger charge is 2.22. The molecule has 0 heterocycles. The van der Waals surface area contributed by atoms with E-state index < -0.39 is 5.97 Å². The second kappa shape index (κ2) is 7.11. The van der Waals surface area contributed by atoms with Crippen LogP contribution in [0.3, 0.4) is 0 Å². The number of carbonyl (C=O) groups is 2. The summed E-state index contributed by atoms with van der Waals surface area (Å²) in [7, 11) is 0. The third-order valence-corrected chi connectivity index (χ3v) is 3.92. The molecule has 0 unspecified atom stereocenters. The normalized spacial score (nSPS) is 11.3. The van der Waals surface area contributed by atoms with E-state index in [1.165, 1.54) is 12.1 Å². The van der Waals surface area contributed by atoms with Gasteiger partial charge in [0.1, 0.15) is 0 Å². The molecule has 1 aromatic rings. The fraction of sp³-hybridized carbons (Fsp3) is 0.500. The van der Waals surface area contributed by atoms with E-state index >= 15 is 0 Å². The molecule has 0 saturated heterocycles. The monoisotopic (exact) mass is 292 g/mol. The average Bonchev–Trinajstić information content (AvgIpc) is 2.43. The van der Waals surface area contributed by atoms with Gasteiger partial charge in [0.25, 0.3) is 0 Å². The summed E-state index contributed by atoms with van der Waals surface area (Å²) in [4.78, 5) is 22.5. The van der Waals surface area contributed by atoms with Crippen LogP contribution in [0.5, 0.6) is 0 Å². The van der Waals surface area contributed by atoms with Gasteiger partial charge in [-0.1, -0.05) is 39.8 Å². The van der Waals surface area contributed by atoms with Crippen LogP contribution in [-0.4, -0.2) is 23.7 Å². The number of aromatic carboxylic acids is 1. The van der Waals surface area contributed by atoms with Gasteiger partial charge in [0, 0.05) is 13.1 Å². The molecule has 5 nitrogen and oxygen atoms in total. The van der Waals surface area contributed by atoms with Gasteiger partial charge in [-0.15, -0.1) is 0 Å². The quantitative estimate of drug-likeness (QED) is 0.754. The van der Waals surface area contributed by atoms with Gasteiger partial charge < -0.3 is 15.7 Å². The van der Waals surface area contributed by atoms with E-state index in [0.717, 1.165) is 5.56 Å². The molecule has 0 aromatic heterocycles. The number of rotatable bonds is 6. The van der Waals surface area contributed by atoms with E-state index in [2.05, 4.69) is 38.3 Å². The van der Waals surface area contributed by atoms with Crippen LogP contribution in [-0.2, 0) is 6.54 Å². The number of urea groups is 1. The number of benzene rings is 1. The van der Waals surface area contributed by atoms with Gasteiger partial charge in [0.05, 0.1) is 5.56 Å². The lowest BCUT2D eigenvalue weighted by Gasteiger charge is -2.29. The van der Waals surface area contributed by atoms with Gasteiger partial charge >= 0.3 is 12.0 Å². The molecule has 0 aliphatic rings. The Labute approximate surface area is 125 Å². The van der Waals surface area contributed by atoms with Crippen molar-refractivity contribution < 1.29 is 14.7 Å². The summed E-state index contributed by atoms with van der Waals surface area (Å²) >= 11 is 0. The Morgan fingerprint density at radius 1 is 1.14 bits per heavy atom. The van der Waals surface area contributed by atoms with Crippen LogP contribution in [0.1, 0.15) is 43.6 Å². The number of carbonyl (C=O) groups excluding carboxylic acids is 1. The second-order valence-corrected chi connectivity index (χ2v) is 6.18. The van der Waals surface area contributed by atoms with Crippen molar-refractivity contribution in [2.75, 3.05) is 6.54 Å². The lowest BCUT2D eigenvalue weighted by atomic mass is 9.81. The molecule has 0 aliphatic heterocycles. The SMILES string of the molecule is CC(C)C(C)(C)CNC(=O)NCc1ccc(C(=O)O)cc1. The van der Waals surface area contributed by atoms with Crippen LogP contribution in [0, 0.1) is 11.3 Å². The molecule has 0 aliphatic carbocycles. The summed E-state index contributed by atoms with van der Waals surface area (Å²) in [5.41, 5.74) is 1.14. The average molecular weight is 292 g/mol. The molecule has 2 amide bonds. The maximum atomic E-state index is 11.7. The lowest BCUT2D eigenvalue weighted by Crippen LogP contribution is -2.42. The Morgan fingerprint density at radius 2 is 1.71 bits per heavy atom. The van der Waals surface area contributed by atoms with Crippen molar-refractivity contribution in [2.45, 2.75) is 34.2 Å². The molecule has 3 N–H and O–H groups in total. The number of hydrogen-bond donors (Lipinski definition) is 3. The van der Waals surface area contributed by atoms with Gasteiger partial charge in [-0.2, -0.15) is 0 Å². The Hall–Kier alpha value is -2.04. The first-order valence-electron chi connectivity index (χ1n) is 7.06.